The molecule has 0 fully saturated rings. The van der Waals surface area contributed by atoms with E-state index in [1.165, 1.54) is 10.8 Å². The Kier molecular flexibility index (Phi) is 4.18. The van der Waals surface area contributed by atoms with Crippen LogP contribution in [-0.2, 0) is 4.79 Å². The van der Waals surface area contributed by atoms with Gasteiger partial charge in [-0.2, -0.15) is 4.52 Å². The van der Waals surface area contributed by atoms with Gasteiger partial charge >= 0.3 is 0 Å². The number of nitrogens with zero attached hydrogens (tertiary/aromatic N) is 4. The van der Waals surface area contributed by atoms with Crippen LogP contribution in [0.5, 0.6) is 11.6 Å². The maximum atomic E-state index is 12.5. The van der Waals surface area contributed by atoms with E-state index in [-0.39, 0.29) is 24.2 Å². The predicted molar refractivity (Wildman–Crippen MR) is 97.7 cm³/mol. The zero-order chi connectivity index (χ0) is 19.0. The quantitative estimate of drug-likeness (QED) is 0.760. The van der Waals surface area contributed by atoms with Gasteiger partial charge in [0.05, 0.1) is 6.04 Å². The molecule has 0 saturated heterocycles. The number of amides is 1. The highest BCUT2D eigenvalue weighted by Crippen LogP contribution is 2.39. The molecule has 0 aliphatic carbocycles. The van der Waals surface area contributed by atoms with Crippen LogP contribution in [0.25, 0.3) is 5.65 Å². The number of benzene rings is 1. The largest absolute Gasteiger partial charge is 0.487 e. The SMILES string of the molecule is Cc1ccc2c(c1)[C@H](NC(=O)COc1ccc3nncn3n1)CC(C)(C)O2. The third kappa shape index (κ3) is 3.69. The van der Waals surface area contributed by atoms with Gasteiger partial charge in [-0.3, -0.25) is 4.79 Å². The molecule has 4 rings (SSSR count). The summed E-state index contributed by atoms with van der Waals surface area (Å²) in [5.74, 6) is 0.930. The fourth-order valence-corrected chi connectivity index (χ4v) is 3.27. The minimum absolute atomic E-state index is 0.125. The first-order valence-corrected chi connectivity index (χ1v) is 8.78. The molecule has 8 nitrogen and oxygen atoms in total. The molecule has 27 heavy (non-hydrogen) atoms. The van der Waals surface area contributed by atoms with E-state index in [1.807, 2.05) is 32.9 Å². The number of hydrogen-bond acceptors (Lipinski definition) is 6. The van der Waals surface area contributed by atoms with E-state index >= 15 is 0 Å². The number of nitrogens with one attached hydrogen (secondary N) is 1. The molecule has 3 aromatic rings. The molecule has 1 aliphatic heterocycles. The lowest BCUT2D eigenvalue weighted by Crippen LogP contribution is -2.42. The summed E-state index contributed by atoms with van der Waals surface area (Å²) in [5.41, 5.74) is 2.37. The van der Waals surface area contributed by atoms with Crippen molar-refractivity contribution in [2.45, 2.75) is 38.8 Å². The summed E-state index contributed by atoms with van der Waals surface area (Å²) in [6.45, 7) is 5.93. The fourth-order valence-electron chi connectivity index (χ4n) is 3.27. The molecular formula is C19H21N5O3. The zero-order valence-corrected chi connectivity index (χ0v) is 15.5. The first kappa shape index (κ1) is 17.3. The Bertz CT molecular complexity index is 998. The third-order valence-corrected chi connectivity index (χ3v) is 4.45. The Morgan fingerprint density at radius 2 is 2.22 bits per heavy atom. The van der Waals surface area contributed by atoms with Crippen LogP contribution >= 0.6 is 0 Å². The van der Waals surface area contributed by atoms with Gasteiger partial charge in [0.2, 0.25) is 5.88 Å². The van der Waals surface area contributed by atoms with E-state index in [4.69, 9.17) is 9.47 Å². The van der Waals surface area contributed by atoms with Crippen molar-refractivity contribution in [1.82, 2.24) is 25.1 Å². The molecule has 2 aromatic heterocycles. The van der Waals surface area contributed by atoms with Crippen LogP contribution in [0, 0.1) is 6.92 Å². The number of aromatic nitrogens is 4. The molecule has 1 aliphatic rings. The molecule has 0 saturated carbocycles. The summed E-state index contributed by atoms with van der Waals surface area (Å²) in [7, 11) is 0. The molecule has 3 heterocycles. The van der Waals surface area contributed by atoms with Crippen molar-refractivity contribution in [1.29, 1.82) is 0 Å². The minimum atomic E-state index is -0.359. The lowest BCUT2D eigenvalue weighted by atomic mass is 9.89. The molecular weight excluding hydrogens is 346 g/mol. The summed E-state index contributed by atoms with van der Waals surface area (Å²) >= 11 is 0. The smallest absolute Gasteiger partial charge is 0.258 e. The maximum Gasteiger partial charge on any atom is 0.258 e. The average molecular weight is 367 g/mol. The summed E-state index contributed by atoms with van der Waals surface area (Å²) in [4.78, 5) is 12.5. The van der Waals surface area contributed by atoms with Crippen molar-refractivity contribution in [3.8, 4) is 11.6 Å². The lowest BCUT2D eigenvalue weighted by molar-refractivity contribution is -0.124. The first-order chi connectivity index (χ1) is 12.9. The van der Waals surface area contributed by atoms with Crippen LogP contribution in [-0.4, -0.2) is 37.9 Å². The van der Waals surface area contributed by atoms with Gasteiger partial charge in [0.15, 0.2) is 12.3 Å². The minimum Gasteiger partial charge on any atom is -0.487 e. The van der Waals surface area contributed by atoms with E-state index in [2.05, 4.69) is 26.7 Å². The van der Waals surface area contributed by atoms with E-state index in [1.54, 1.807) is 12.1 Å². The second-order valence-electron chi connectivity index (χ2n) is 7.32. The summed E-state index contributed by atoms with van der Waals surface area (Å²) < 4.78 is 13.1. The van der Waals surface area contributed by atoms with Crippen molar-refractivity contribution in [2.24, 2.45) is 0 Å². The maximum absolute atomic E-state index is 12.5. The molecule has 1 atom stereocenters. The van der Waals surface area contributed by atoms with E-state index in [9.17, 15) is 4.79 Å². The highest BCUT2D eigenvalue weighted by molar-refractivity contribution is 5.78. The van der Waals surface area contributed by atoms with E-state index in [0.717, 1.165) is 16.9 Å². The normalized spacial score (nSPS) is 17.8. The van der Waals surface area contributed by atoms with Crippen molar-refractivity contribution >= 4 is 11.6 Å². The molecule has 0 unspecified atom stereocenters. The monoisotopic (exact) mass is 367 g/mol. The number of carbonyl (C=O) groups is 1. The number of carbonyl (C=O) groups excluding carboxylic acids is 1. The van der Waals surface area contributed by atoms with Crippen LogP contribution in [0.15, 0.2) is 36.7 Å². The van der Waals surface area contributed by atoms with Crippen LogP contribution in [0.1, 0.15) is 37.4 Å². The molecule has 0 radical (unpaired) electrons. The topological polar surface area (TPSA) is 90.6 Å². The van der Waals surface area contributed by atoms with Crippen molar-refractivity contribution in [2.75, 3.05) is 6.61 Å². The van der Waals surface area contributed by atoms with Gasteiger partial charge in [0.1, 0.15) is 17.7 Å². The highest BCUT2D eigenvalue weighted by atomic mass is 16.5. The fraction of sp³-hybridized carbons (Fsp3) is 0.368. The van der Waals surface area contributed by atoms with Gasteiger partial charge in [-0.25, -0.2) is 0 Å². The van der Waals surface area contributed by atoms with E-state index < -0.39 is 0 Å². The molecule has 0 spiro atoms. The van der Waals surface area contributed by atoms with Gasteiger partial charge in [0.25, 0.3) is 5.91 Å². The van der Waals surface area contributed by atoms with Crippen LogP contribution in [0.4, 0.5) is 0 Å². The summed E-state index contributed by atoms with van der Waals surface area (Å²) in [5, 5.41) is 14.9. The van der Waals surface area contributed by atoms with E-state index in [0.29, 0.717) is 17.9 Å². The Morgan fingerprint density at radius 1 is 1.37 bits per heavy atom. The number of ether oxygens (including phenoxy) is 2. The molecule has 1 aromatic carbocycles. The molecule has 140 valence electrons. The summed E-state index contributed by atoms with van der Waals surface area (Å²) in [6, 6.07) is 9.28. The third-order valence-electron chi connectivity index (χ3n) is 4.45. The standard InChI is InChI=1S/C19H21N5O3/c1-12-4-5-15-13(8-12)14(9-19(2,3)27-15)21-17(25)10-26-18-7-6-16-22-20-11-24(16)23-18/h4-8,11,14H,9-10H2,1-3H3,(H,21,25)/t14-/m1/s1. The molecule has 1 N–H and O–H groups in total. The zero-order valence-electron chi connectivity index (χ0n) is 15.5. The Balaban J connectivity index is 1.45. The van der Waals surface area contributed by atoms with Crippen LogP contribution in [0.3, 0.4) is 0 Å². The molecule has 1 amide bonds. The first-order valence-electron chi connectivity index (χ1n) is 8.78. The number of aryl methyl sites for hydroxylation is 1. The predicted octanol–water partition coefficient (Wildman–Crippen LogP) is 2.23. The second kappa shape index (κ2) is 6.53. The Morgan fingerprint density at radius 3 is 3.07 bits per heavy atom. The Hall–Kier alpha value is -3.16. The van der Waals surface area contributed by atoms with Crippen molar-refractivity contribution < 1.29 is 14.3 Å². The number of hydrogen-bond donors (Lipinski definition) is 1. The van der Waals surface area contributed by atoms with Crippen LogP contribution < -0.4 is 14.8 Å². The Labute approximate surface area is 156 Å². The van der Waals surface area contributed by atoms with Crippen LogP contribution in [0.2, 0.25) is 0 Å². The molecule has 8 heteroatoms. The molecule has 0 bridgehead atoms. The van der Waals surface area contributed by atoms with Gasteiger partial charge in [-0.05, 0) is 32.9 Å². The van der Waals surface area contributed by atoms with Gasteiger partial charge < -0.3 is 14.8 Å². The van der Waals surface area contributed by atoms with Crippen molar-refractivity contribution in [3.63, 3.8) is 0 Å². The average Bonchev–Trinajstić information content (AvgIpc) is 3.08. The lowest BCUT2D eigenvalue weighted by Gasteiger charge is -2.38. The second-order valence-corrected chi connectivity index (χ2v) is 7.32. The van der Waals surface area contributed by atoms with Crippen molar-refractivity contribution in [3.05, 3.63) is 47.8 Å². The number of fused-ring (bicyclic) bond motifs is 2. The number of rotatable bonds is 4. The highest BCUT2D eigenvalue weighted by Gasteiger charge is 2.34. The summed E-state index contributed by atoms with van der Waals surface area (Å²) in [6.07, 6.45) is 2.16. The van der Waals surface area contributed by atoms with Gasteiger partial charge in [-0.15, -0.1) is 15.3 Å². The van der Waals surface area contributed by atoms with Gasteiger partial charge in [0, 0.05) is 18.1 Å². The van der Waals surface area contributed by atoms with Gasteiger partial charge in [-0.1, -0.05) is 17.7 Å².